The van der Waals surface area contributed by atoms with E-state index in [0.29, 0.717) is 5.41 Å². The Morgan fingerprint density at radius 2 is 1.82 bits per heavy atom. The summed E-state index contributed by atoms with van der Waals surface area (Å²) in [4.78, 5) is 0. The standard InChI is InChI=1S/C16H33N/c1-3-4-5-6-7-8-11-16(14-17)12-9-10-15(2)13-16/h15H,3-14,17H2,1-2H3. The molecule has 1 rings (SSSR count). The van der Waals surface area contributed by atoms with Crippen molar-refractivity contribution < 1.29 is 0 Å². The maximum absolute atomic E-state index is 6.06. The summed E-state index contributed by atoms with van der Waals surface area (Å²) in [6.45, 7) is 5.62. The van der Waals surface area contributed by atoms with Gasteiger partial charge >= 0.3 is 0 Å². The zero-order valence-electron chi connectivity index (χ0n) is 12.1. The summed E-state index contributed by atoms with van der Waals surface area (Å²) in [5.41, 5.74) is 6.58. The molecule has 1 saturated carbocycles. The number of unbranched alkanes of at least 4 members (excludes halogenated alkanes) is 5. The molecule has 0 aromatic carbocycles. The third-order valence-electron chi connectivity index (χ3n) is 4.68. The third kappa shape index (κ3) is 5.42. The lowest BCUT2D eigenvalue weighted by Gasteiger charge is -2.39. The van der Waals surface area contributed by atoms with E-state index in [-0.39, 0.29) is 0 Å². The number of nitrogens with two attached hydrogens (primary N) is 1. The van der Waals surface area contributed by atoms with E-state index < -0.39 is 0 Å². The smallest absolute Gasteiger partial charge is 0.00204 e. The third-order valence-corrected chi connectivity index (χ3v) is 4.68. The molecule has 1 heteroatoms. The monoisotopic (exact) mass is 239 g/mol. The summed E-state index contributed by atoms with van der Waals surface area (Å²) in [6, 6.07) is 0. The molecular formula is C16H33N. The average Bonchev–Trinajstić information content (AvgIpc) is 2.34. The van der Waals surface area contributed by atoms with Crippen molar-refractivity contribution in [1.29, 1.82) is 0 Å². The summed E-state index contributed by atoms with van der Waals surface area (Å²) in [5, 5.41) is 0. The van der Waals surface area contributed by atoms with Crippen molar-refractivity contribution in [1.82, 2.24) is 0 Å². The zero-order valence-corrected chi connectivity index (χ0v) is 12.1. The molecule has 2 N–H and O–H groups in total. The molecule has 0 spiro atoms. The van der Waals surface area contributed by atoms with Crippen molar-refractivity contribution in [3.63, 3.8) is 0 Å². The van der Waals surface area contributed by atoms with Gasteiger partial charge in [0.2, 0.25) is 0 Å². The van der Waals surface area contributed by atoms with E-state index in [9.17, 15) is 0 Å². The summed E-state index contributed by atoms with van der Waals surface area (Å²) in [7, 11) is 0. The van der Waals surface area contributed by atoms with Crippen LogP contribution in [0.25, 0.3) is 0 Å². The predicted octanol–water partition coefficient (Wildman–Crippen LogP) is 4.89. The summed E-state index contributed by atoms with van der Waals surface area (Å²) >= 11 is 0. The Balaban J connectivity index is 2.17. The normalized spacial score (nSPS) is 29.5. The van der Waals surface area contributed by atoms with Gasteiger partial charge in [-0.15, -0.1) is 0 Å². The largest absolute Gasteiger partial charge is 0.330 e. The molecule has 0 aromatic rings. The van der Waals surface area contributed by atoms with Crippen LogP contribution in [0.1, 0.15) is 84.5 Å². The van der Waals surface area contributed by atoms with Crippen molar-refractivity contribution in [2.45, 2.75) is 84.5 Å². The molecule has 0 bridgehead atoms. The molecule has 102 valence electrons. The van der Waals surface area contributed by atoms with Crippen molar-refractivity contribution in [3.05, 3.63) is 0 Å². The number of hydrogen-bond donors (Lipinski definition) is 1. The Morgan fingerprint density at radius 3 is 2.47 bits per heavy atom. The second-order valence-electron chi connectivity index (χ2n) is 6.42. The van der Waals surface area contributed by atoms with Crippen LogP contribution in [0.4, 0.5) is 0 Å². The van der Waals surface area contributed by atoms with Crippen LogP contribution < -0.4 is 5.73 Å². The second-order valence-corrected chi connectivity index (χ2v) is 6.42. The fourth-order valence-electron chi connectivity index (χ4n) is 3.56. The van der Waals surface area contributed by atoms with Gasteiger partial charge in [0.25, 0.3) is 0 Å². The molecule has 0 aliphatic heterocycles. The van der Waals surface area contributed by atoms with Gasteiger partial charge in [-0.2, -0.15) is 0 Å². The van der Waals surface area contributed by atoms with Crippen molar-refractivity contribution in [2.75, 3.05) is 6.54 Å². The van der Waals surface area contributed by atoms with E-state index >= 15 is 0 Å². The molecule has 0 heterocycles. The van der Waals surface area contributed by atoms with E-state index in [1.807, 2.05) is 0 Å². The van der Waals surface area contributed by atoms with Gasteiger partial charge in [0.15, 0.2) is 0 Å². The molecule has 0 aromatic heterocycles. The molecule has 1 aliphatic rings. The van der Waals surface area contributed by atoms with Gasteiger partial charge in [0.1, 0.15) is 0 Å². The predicted molar refractivity (Wildman–Crippen MR) is 77.1 cm³/mol. The maximum Gasteiger partial charge on any atom is -0.00204 e. The molecule has 1 nitrogen and oxygen atoms in total. The lowest BCUT2D eigenvalue weighted by molar-refractivity contribution is 0.137. The van der Waals surface area contributed by atoms with Crippen LogP contribution in [0.2, 0.25) is 0 Å². The van der Waals surface area contributed by atoms with Gasteiger partial charge in [0.05, 0.1) is 0 Å². The first-order valence-corrected chi connectivity index (χ1v) is 7.92. The van der Waals surface area contributed by atoms with Crippen LogP contribution in [0, 0.1) is 11.3 Å². The molecular weight excluding hydrogens is 206 g/mol. The fourth-order valence-corrected chi connectivity index (χ4v) is 3.56. The van der Waals surface area contributed by atoms with Crippen molar-refractivity contribution in [2.24, 2.45) is 17.1 Å². The highest BCUT2D eigenvalue weighted by Crippen LogP contribution is 2.42. The lowest BCUT2D eigenvalue weighted by Crippen LogP contribution is -2.35. The maximum atomic E-state index is 6.06. The molecule has 0 saturated heterocycles. The van der Waals surface area contributed by atoms with Gasteiger partial charge in [-0.1, -0.05) is 65.2 Å². The van der Waals surface area contributed by atoms with Gasteiger partial charge in [-0.25, -0.2) is 0 Å². The van der Waals surface area contributed by atoms with E-state index in [1.54, 1.807) is 0 Å². The molecule has 1 aliphatic carbocycles. The Morgan fingerprint density at radius 1 is 1.12 bits per heavy atom. The first-order chi connectivity index (χ1) is 8.22. The van der Waals surface area contributed by atoms with Crippen LogP contribution in [-0.2, 0) is 0 Å². The topological polar surface area (TPSA) is 26.0 Å². The van der Waals surface area contributed by atoms with Gasteiger partial charge < -0.3 is 5.73 Å². The van der Waals surface area contributed by atoms with Crippen molar-refractivity contribution in [3.8, 4) is 0 Å². The first kappa shape index (κ1) is 15.0. The highest BCUT2D eigenvalue weighted by Gasteiger charge is 2.32. The second kappa shape index (κ2) is 8.13. The quantitative estimate of drug-likeness (QED) is 0.599. The fraction of sp³-hybridized carbons (Fsp3) is 1.00. The average molecular weight is 239 g/mol. The Kier molecular flexibility index (Phi) is 7.18. The highest BCUT2D eigenvalue weighted by atomic mass is 14.6. The van der Waals surface area contributed by atoms with E-state index in [2.05, 4.69) is 13.8 Å². The minimum atomic E-state index is 0.516. The lowest BCUT2D eigenvalue weighted by atomic mass is 9.67. The van der Waals surface area contributed by atoms with E-state index in [0.717, 1.165) is 12.5 Å². The summed E-state index contributed by atoms with van der Waals surface area (Å²) < 4.78 is 0. The first-order valence-electron chi connectivity index (χ1n) is 7.92. The molecule has 1 fully saturated rings. The zero-order chi connectivity index (χ0) is 12.6. The Bertz CT molecular complexity index is 190. The molecule has 17 heavy (non-hydrogen) atoms. The number of rotatable bonds is 8. The van der Waals surface area contributed by atoms with Crippen LogP contribution >= 0.6 is 0 Å². The Hall–Kier alpha value is -0.0400. The van der Waals surface area contributed by atoms with Crippen LogP contribution in [-0.4, -0.2) is 6.54 Å². The van der Waals surface area contributed by atoms with Crippen molar-refractivity contribution >= 4 is 0 Å². The minimum absolute atomic E-state index is 0.516. The number of hydrogen-bond acceptors (Lipinski definition) is 1. The van der Waals surface area contributed by atoms with Crippen LogP contribution in [0.3, 0.4) is 0 Å². The van der Waals surface area contributed by atoms with Crippen LogP contribution in [0.5, 0.6) is 0 Å². The van der Waals surface area contributed by atoms with Crippen LogP contribution in [0.15, 0.2) is 0 Å². The summed E-state index contributed by atoms with van der Waals surface area (Å²) in [6.07, 6.45) is 15.5. The summed E-state index contributed by atoms with van der Waals surface area (Å²) in [5.74, 6) is 0.910. The van der Waals surface area contributed by atoms with E-state index in [1.165, 1.54) is 70.6 Å². The molecule has 2 atom stereocenters. The van der Waals surface area contributed by atoms with Gasteiger partial charge in [0, 0.05) is 0 Å². The minimum Gasteiger partial charge on any atom is -0.330 e. The molecule has 0 radical (unpaired) electrons. The van der Waals surface area contributed by atoms with Gasteiger partial charge in [-0.3, -0.25) is 0 Å². The van der Waals surface area contributed by atoms with Gasteiger partial charge in [-0.05, 0) is 37.1 Å². The Labute approximate surface area is 109 Å². The SMILES string of the molecule is CCCCCCCCC1(CN)CCCC(C)C1. The molecule has 2 unspecified atom stereocenters. The highest BCUT2D eigenvalue weighted by molar-refractivity contribution is 4.86. The van der Waals surface area contributed by atoms with E-state index in [4.69, 9.17) is 5.73 Å². The molecule has 0 amide bonds.